The summed E-state index contributed by atoms with van der Waals surface area (Å²) in [6, 6.07) is 12.1. The number of nitrogens with one attached hydrogen (secondary N) is 2. The van der Waals surface area contributed by atoms with Gasteiger partial charge in [-0.05, 0) is 50.7 Å². The minimum absolute atomic E-state index is 0.101. The summed E-state index contributed by atoms with van der Waals surface area (Å²) in [7, 11) is 9.49. The molecule has 2 amide bonds. The van der Waals surface area contributed by atoms with E-state index in [1.165, 1.54) is 17.2 Å². The first kappa shape index (κ1) is 31.9. The van der Waals surface area contributed by atoms with E-state index < -0.39 is 0 Å². The molecule has 2 aromatic heterocycles. The number of aromatic nitrogens is 3. The number of aryl methyl sites for hydroxylation is 2. The number of anilines is 5. The quantitative estimate of drug-likeness (QED) is 0.234. The van der Waals surface area contributed by atoms with Crippen molar-refractivity contribution in [3.8, 4) is 17.0 Å². The number of rotatable bonds is 11. The van der Waals surface area contributed by atoms with Crippen LogP contribution in [-0.4, -0.2) is 104 Å². The maximum absolute atomic E-state index is 12.9. The first-order valence-corrected chi connectivity index (χ1v) is 15.9. The molecule has 0 unspecified atom stereocenters. The summed E-state index contributed by atoms with van der Waals surface area (Å²) in [4.78, 5) is 43.1. The number of benzene rings is 2. The highest BCUT2D eigenvalue weighted by Crippen LogP contribution is 2.44. The van der Waals surface area contributed by atoms with Crippen LogP contribution in [0.25, 0.3) is 22.2 Å². The van der Waals surface area contributed by atoms with E-state index in [-0.39, 0.29) is 11.8 Å². The average Bonchev–Trinajstić information content (AvgIpc) is 3.41. The van der Waals surface area contributed by atoms with Crippen LogP contribution < -0.4 is 25.2 Å². The molecule has 1 fully saturated rings. The zero-order valence-corrected chi connectivity index (χ0v) is 27.8. The Morgan fingerprint density at radius 3 is 2.68 bits per heavy atom. The first-order chi connectivity index (χ1) is 22.7. The fourth-order valence-electron chi connectivity index (χ4n) is 6.43. The molecule has 2 aliphatic rings. The van der Waals surface area contributed by atoms with Crippen LogP contribution in [0.15, 0.2) is 55.3 Å². The van der Waals surface area contributed by atoms with Gasteiger partial charge in [0.2, 0.25) is 17.8 Å². The molecule has 2 aromatic carbocycles. The van der Waals surface area contributed by atoms with Crippen molar-refractivity contribution in [2.75, 3.05) is 88.5 Å². The fraction of sp³-hybridized carbons (Fsp3) is 0.371. The zero-order chi connectivity index (χ0) is 33.2. The van der Waals surface area contributed by atoms with Crippen molar-refractivity contribution in [2.45, 2.75) is 19.4 Å². The molecular formula is C35H43N9O3. The molecular weight excluding hydrogens is 594 g/mol. The molecule has 12 nitrogen and oxygen atoms in total. The standard InChI is InChI=1S/C35H43N9O3/c1-7-30(45)37-26-20-27(29(47-6)21-28(26)41(4)17-16-40(2)3)39-35-36-14-13-25(38-35)32-24-12-8-10-23-11-9-15-44(33(23)24)34(32)43-19-18-42(5)31(46)22-43/h7-8,10,12-14,20-21H,1,9,11,15-19,22H2,2-6H3,(H,37,45)(H,36,38,39). The Morgan fingerprint density at radius 2 is 1.94 bits per heavy atom. The molecule has 2 aliphatic heterocycles. The van der Waals surface area contributed by atoms with Crippen LogP contribution in [-0.2, 0) is 22.6 Å². The number of piperazine rings is 1. The van der Waals surface area contributed by atoms with Gasteiger partial charge in [-0.3, -0.25) is 9.59 Å². The lowest BCUT2D eigenvalue weighted by molar-refractivity contribution is -0.129. The van der Waals surface area contributed by atoms with Crippen molar-refractivity contribution < 1.29 is 14.3 Å². The van der Waals surface area contributed by atoms with E-state index >= 15 is 0 Å². The normalized spacial score (nSPS) is 14.5. The lowest BCUT2D eigenvalue weighted by atomic mass is 10.0. The second-order valence-electron chi connectivity index (χ2n) is 12.4. The third-order valence-corrected chi connectivity index (χ3v) is 8.94. The highest BCUT2D eigenvalue weighted by molar-refractivity contribution is 6.05. The van der Waals surface area contributed by atoms with Crippen molar-refractivity contribution >= 4 is 51.5 Å². The predicted octanol–water partition coefficient (Wildman–Crippen LogP) is 4.20. The molecule has 0 bridgehead atoms. The molecule has 0 saturated carbocycles. The van der Waals surface area contributed by atoms with E-state index in [1.807, 2.05) is 46.4 Å². The third-order valence-electron chi connectivity index (χ3n) is 8.94. The third kappa shape index (κ3) is 6.33. The Labute approximate surface area is 275 Å². The molecule has 1 saturated heterocycles. The Kier molecular flexibility index (Phi) is 9.04. The number of methoxy groups -OCH3 is 1. The number of carbonyl (C=O) groups excluding carboxylic acids is 2. The second kappa shape index (κ2) is 13.3. The molecule has 0 aliphatic carbocycles. The Morgan fingerprint density at radius 1 is 1.11 bits per heavy atom. The number of likely N-dealkylation sites (N-methyl/N-ethyl adjacent to an activating group) is 3. The molecule has 0 radical (unpaired) electrons. The van der Waals surface area contributed by atoms with Gasteiger partial charge in [-0.25, -0.2) is 9.97 Å². The highest BCUT2D eigenvalue weighted by Gasteiger charge is 2.31. The van der Waals surface area contributed by atoms with Crippen molar-refractivity contribution in [3.05, 3.63) is 60.8 Å². The largest absolute Gasteiger partial charge is 0.494 e. The lowest BCUT2D eigenvalue weighted by Gasteiger charge is -2.35. The number of ether oxygens (including phenoxy) is 1. The number of carbonyl (C=O) groups is 2. The molecule has 12 heteroatoms. The van der Waals surface area contributed by atoms with Gasteiger partial charge in [0.05, 0.1) is 47.5 Å². The predicted molar refractivity (Wildman–Crippen MR) is 188 cm³/mol. The van der Waals surface area contributed by atoms with E-state index in [2.05, 4.69) is 59.7 Å². The highest BCUT2D eigenvalue weighted by atomic mass is 16.5. The fourth-order valence-corrected chi connectivity index (χ4v) is 6.43. The van der Waals surface area contributed by atoms with Gasteiger partial charge in [-0.15, -0.1) is 0 Å². The lowest BCUT2D eigenvalue weighted by Crippen LogP contribution is -2.49. The molecule has 47 heavy (non-hydrogen) atoms. The van der Waals surface area contributed by atoms with Gasteiger partial charge >= 0.3 is 0 Å². The molecule has 246 valence electrons. The van der Waals surface area contributed by atoms with Crippen LogP contribution in [0.3, 0.4) is 0 Å². The average molecular weight is 638 g/mol. The number of nitrogens with zero attached hydrogens (tertiary/aromatic N) is 7. The van der Waals surface area contributed by atoms with Crippen LogP contribution in [0.4, 0.5) is 28.8 Å². The summed E-state index contributed by atoms with van der Waals surface area (Å²) in [5.41, 5.74) is 6.28. The smallest absolute Gasteiger partial charge is 0.247 e. The van der Waals surface area contributed by atoms with Crippen molar-refractivity contribution in [2.24, 2.45) is 0 Å². The van der Waals surface area contributed by atoms with Gasteiger partial charge < -0.3 is 39.5 Å². The summed E-state index contributed by atoms with van der Waals surface area (Å²) in [5, 5.41) is 7.42. The summed E-state index contributed by atoms with van der Waals surface area (Å²) in [5.74, 6) is 1.76. The van der Waals surface area contributed by atoms with Gasteiger partial charge in [0.1, 0.15) is 11.6 Å². The number of amides is 2. The van der Waals surface area contributed by atoms with Crippen molar-refractivity contribution in [1.82, 2.24) is 24.3 Å². The van der Waals surface area contributed by atoms with Crippen LogP contribution in [0.2, 0.25) is 0 Å². The molecule has 4 aromatic rings. The van der Waals surface area contributed by atoms with Crippen LogP contribution in [0.1, 0.15) is 12.0 Å². The SMILES string of the molecule is C=CC(=O)Nc1cc(Nc2nccc(-c3c(N4CCN(C)C(=O)C4)n4c5c(cccc35)CCC4)n2)c(OC)cc1N(C)CCN(C)C. The Hall–Kier alpha value is -5.10. The summed E-state index contributed by atoms with van der Waals surface area (Å²) in [6.45, 7) is 7.79. The van der Waals surface area contributed by atoms with E-state index in [0.717, 1.165) is 67.2 Å². The van der Waals surface area contributed by atoms with Gasteiger partial charge in [-0.1, -0.05) is 24.8 Å². The van der Waals surface area contributed by atoms with Crippen LogP contribution in [0, 0.1) is 0 Å². The van der Waals surface area contributed by atoms with E-state index in [1.54, 1.807) is 18.2 Å². The summed E-state index contributed by atoms with van der Waals surface area (Å²) in [6.07, 6.45) is 5.05. The van der Waals surface area contributed by atoms with E-state index in [9.17, 15) is 9.59 Å². The number of hydrogen-bond donors (Lipinski definition) is 2. The summed E-state index contributed by atoms with van der Waals surface area (Å²) >= 11 is 0. The maximum atomic E-state index is 12.9. The van der Waals surface area contributed by atoms with Gasteiger partial charge in [0, 0.05) is 64.5 Å². The monoisotopic (exact) mass is 637 g/mol. The summed E-state index contributed by atoms with van der Waals surface area (Å²) < 4.78 is 8.19. The van der Waals surface area contributed by atoms with Crippen molar-refractivity contribution in [1.29, 1.82) is 0 Å². The first-order valence-electron chi connectivity index (χ1n) is 15.9. The van der Waals surface area contributed by atoms with Gasteiger partial charge in [0.25, 0.3) is 0 Å². The number of para-hydroxylation sites is 1. The Bertz CT molecular complexity index is 1830. The van der Waals surface area contributed by atoms with Crippen LogP contribution >= 0.6 is 0 Å². The topological polar surface area (TPSA) is 111 Å². The van der Waals surface area contributed by atoms with Crippen molar-refractivity contribution in [3.63, 3.8) is 0 Å². The van der Waals surface area contributed by atoms with Gasteiger partial charge in [0.15, 0.2) is 0 Å². The minimum Gasteiger partial charge on any atom is -0.494 e. The molecule has 6 rings (SSSR count). The Balaban J connectivity index is 1.42. The molecule has 2 N–H and O–H groups in total. The maximum Gasteiger partial charge on any atom is 0.247 e. The zero-order valence-electron chi connectivity index (χ0n) is 27.8. The second-order valence-corrected chi connectivity index (χ2v) is 12.4. The van der Waals surface area contributed by atoms with E-state index in [4.69, 9.17) is 9.72 Å². The molecule has 0 atom stereocenters. The van der Waals surface area contributed by atoms with E-state index in [0.29, 0.717) is 36.2 Å². The molecule has 4 heterocycles. The van der Waals surface area contributed by atoms with Gasteiger partial charge in [-0.2, -0.15) is 0 Å². The molecule has 0 spiro atoms. The minimum atomic E-state index is -0.315. The van der Waals surface area contributed by atoms with Crippen LogP contribution in [0.5, 0.6) is 5.75 Å². The number of hydrogen-bond acceptors (Lipinski definition) is 9.